The maximum atomic E-state index is 11.8. The molecular weight excluding hydrogens is 212 g/mol. The Hall–Kier alpha value is -1.51. The Balaban J connectivity index is 2.36. The van der Waals surface area contributed by atoms with Gasteiger partial charge in [-0.2, -0.15) is 0 Å². The van der Waals surface area contributed by atoms with Crippen LogP contribution in [0.25, 0.3) is 0 Å². The molecule has 17 heavy (non-hydrogen) atoms. The molecule has 2 rings (SSSR count). The van der Waals surface area contributed by atoms with Crippen LogP contribution in [0.3, 0.4) is 0 Å². The fourth-order valence-corrected chi connectivity index (χ4v) is 2.02. The Kier molecular flexibility index (Phi) is 2.86. The largest absolute Gasteiger partial charge is 0.322 e. The summed E-state index contributed by atoms with van der Waals surface area (Å²) in [6.45, 7) is 9.98. The number of amides is 2. The van der Waals surface area contributed by atoms with Crippen molar-refractivity contribution in [2.45, 2.75) is 39.7 Å². The summed E-state index contributed by atoms with van der Waals surface area (Å²) < 4.78 is 0. The zero-order valence-electron chi connectivity index (χ0n) is 11.0. The third kappa shape index (κ3) is 2.28. The van der Waals surface area contributed by atoms with Gasteiger partial charge in [0.2, 0.25) is 0 Å². The average Bonchev–Trinajstić information content (AvgIpc) is 2.26. The molecule has 2 amide bonds. The number of carbonyl (C=O) groups excluding carboxylic acids is 1. The van der Waals surface area contributed by atoms with E-state index in [1.54, 1.807) is 4.90 Å². The molecule has 0 spiro atoms. The number of hydrogen-bond acceptors (Lipinski definition) is 1. The summed E-state index contributed by atoms with van der Waals surface area (Å²) in [7, 11) is 0. The van der Waals surface area contributed by atoms with E-state index in [1.807, 2.05) is 6.92 Å². The number of urea groups is 1. The van der Waals surface area contributed by atoms with Crippen molar-refractivity contribution in [3.63, 3.8) is 0 Å². The second-order valence-electron chi connectivity index (χ2n) is 5.57. The summed E-state index contributed by atoms with van der Waals surface area (Å²) in [6.07, 6.45) is 0. The van der Waals surface area contributed by atoms with Crippen molar-refractivity contribution in [3.8, 4) is 0 Å². The molecule has 1 aliphatic rings. The lowest BCUT2D eigenvalue weighted by Gasteiger charge is -2.30. The van der Waals surface area contributed by atoms with Gasteiger partial charge >= 0.3 is 6.03 Å². The Morgan fingerprint density at radius 1 is 1.35 bits per heavy atom. The first-order valence-corrected chi connectivity index (χ1v) is 6.11. The quantitative estimate of drug-likeness (QED) is 0.791. The van der Waals surface area contributed by atoms with Crippen molar-refractivity contribution in [1.29, 1.82) is 0 Å². The minimum absolute atomic E-state index is 0.00561. The van der Waals surface area contributed by atoms with Gasteiger partial charge in [0.25, 0.3) is 0 Å². The van der Waals surface area contributed by atoms with E-state index >= 15 is 0 Å². The van der Waals surface area contributed by atoms with E-state index in [4.69, 9.17) is 0 Å². The maximum Gasteiger partial charge on any atom is 0.322 e. The van der Waals surface area contributed by atoms with Crippen molar-refractivity contribution >= 4 is 11.7 Å². The van der Waals surface area contributed by atoms with Gasteiger partial charge in [-0.3, -0.25) is 0 Å². The van der Waals surface area contributed by atoms with Crippen LogP contribution in [0.2, 0.25) is 0 Å². The molecule has 1 N–H and O–H groups in total. The molecule has 0 bridgehead atoms. The summed E-state index contributed by atoms with van der Waals surface area (Å²) in [5, 5.41) is 2.96. The number of nitrogens with one attached hydrogen (secondary N) is 1. The Labute approximate surface area is 103 Å². The van der Waals surface area contributed by atoms with Gasteiger partial charge in [0.05, 0.1) is 0 Å². The van der Waals surface area contributed by atoms with Gasteiger partial charge < -0.3 is 10.2 Å². The predicted molar refractivity (Wildman–Crippen MR) is 70.2 cm³/mol. The van der Waals surface area contributed by atoms with Crippen LogP contribution in [0.15, 0.2) is 18.2 Å². The number of anilines is 1. The third-order valence-electron chi connectivity index (χ3n) is 3.25. The van der Waals surface area contributed by atoms with Crippen LogP contribution >= 0.6 is 0 Å². The van der Waals surface area contributed by atoms with E-state index in [9.17, 15) is 4.79 Å². The summed E-state index contributed by atoms with van der Waals surface area (Å²) in [5.74, 6) is 0. The van der Waals surface area contributed by atoms with Crippen LogP contribution in [0.4, 0.5) is 10.5 Å². The molecule has 0 atom stereocenters. The highest BCUT2D eigenvalue weighted by molar-refractivity contribution is 5.92. The standard InChI is InChI=1S/C14H20N2O/c1-5-16-9-10-6-7-11(14(2,3)4)8-12(10)15-13(16)17/h6-8H,5,9H2,1-4H3,(H,15,17). The zero-order valence-corrected chi connectivity index (χ0v) is 11.0. The SMILES string of the molecule is CCN1Cc2ccc(C(C)(C)C)cc2NC1=O. The highest BCUT2D eigenvalue weighted by Crippen LogP contribution is 2.30. The molecular formula is C14H20N2O. The lowest BCUT2D eigenvalue weighted by Crippen LogP contribution is -2.38. The molecule has 3 nitrogen and oxygen atoms in total. The smallest absolute Gasteiger partial charge is 0.320 e. The van der Waals surface area contributed by atoms with Gasteiger partial charge in [0.1, 0.15) is 0 Å². The first-order valence-electron chi connectivity index (χ1n) is 6.11. The lowest BCUT2D eigenvalue weighted by atomic mass is 9.86. The van der Waals surface area contributed by atoms with Crippen molar-refractivity contribution in [1.82, 2.24) is 4.90 Å². The molecule has 1 aliphatic heterocycles. The van der Waals surface area contributed by atoms with Crippen LogP contribution in [-0.4, -0.2) is 17.5 Å². The molecule has 3 heteroatoms. The Bertz CT molecular complexity index is 446. The first-order chi connectivity index (χ1) is 7.91. The third-order valence-corrected chi connectivity index (χ3v) is 3.25. The molecule has 0 aromatic heterocycles. The summed E-state index contributed by atoms with van der Waals surface area (Å²) in [4.78, 5) is 13.6. The normalized spacial score (nSPS) is 15.5. The van der Waals surface area contributed by atoms with Gasteiger partial charge in [-0.25, -0.2) is 4.79 Å². The fourth-order valence-electron chi connectivity index (χ4n) is 2.02. The van der Waals surface area contributed by atoms with E-state index in [0.29, 0.717) is 6.54 Å². The topological polar surface area (TPSA) is 32.3 Å². The van der Waals surface area contributed by atoms with Crippen LogP contribution < -0.4 is 5.32 Å². The van der Waals surface area contributed by atoms with E-state index in [2.05, 4.69) is 44.3 Å². The number of nitrogens with zero attached hydrogens (tertiary/aromatic N) is 1. The highest BCUT2D eigenvalue weighted by atomic mass is 16.2. The number of benzene rings is 1. The van der Waals surface area contributed by atoms with E-state index in [0.717, 1.165) is 12.2 Å². The average molecular weight is 232 g/mol. The van der Waals surface area contributed by atoms with Gasteiger partial charge in [-0.1, -0.05) is 32.9 Å². The number of rotatable bonds is 1. The van der Waals surface area contributed by atoms with E-state index < -0.39 is 0 Å². The van der Waals surface area contributed by atoms with E-state index in [1.165, 1.54) is 11.1 Å². The molecule has 92 valence electrons. The van der Waals surface area contributed by atoms with Crippen molar-refractivity contribution in [2.24, 2.45) is 0 Å². The van der Waals surface area contributed by atoms with Gasteiger partial charge in [-0.05, 0) is 29.5 Å². The summed E-state index contributed by atoms with van der Waals surface area (Å²) >= 11 is 0. The molecule has 0 saturated carbocycles. The van der Waals surface area contributed by atoms with Gasteiger partial charge in [0.15, 0.2) is 0 Å². The second kappa shape index (κ2) is 4.06. The van der Waals surface area contributed by atoms with Crippen molar-refractivity contribution in [3.05, 3.63) is 29.3 Å². The minimum atomic E-state index is 0.00561. The van der Waals surface area contributed by atoms with Crippen molar-refractivity contribution < 1.29 is 4.79 Å². The molecule has 0 fully saturated rings. The van der Waals surface area contributed by atoms with Crippen LogP contribution in [-0.2, 0) is 12.0 Å². The number of hydrogen-bond donors (Lipinski definition) is 1. The molecule has 1 heterocycles. The monoisotopic (exact) mass is 232 g/mol. The Morgan fingerprint density at radius 2 is 2.06 bits per heavy atom. The van der Waals surface area contributed by atoms with E-state index in [-0.39, 0.29) is 11.4 Å². The van der Waals surface area contributed by atoms with Crippen LogP contribution in [0, 0.1) is 0 Å². The van der Waals surface area contributed by atoms with Gasteiger partial charge in [-0.15, -0.1) is 0 Å². The van der Waals surface area contributed by atoms with Crippen molar-refractivity contribution in [2.75, 3.05) is 11.9 Å². The first kappa shape index (κ1) is 12.0. The van der Waals surface area contributed by atoms with Gasteiger partial charge in [0, 0.05) is 18.8 Å². The van der Waals surface area contributed by atoms with Crippen LogP contribution in [0.1, 0.15) is 38.8 Å². The highest BCUT2D eigenvalue weighted by Gasteiger charge is 2.23. The minimum Gasteiger partial charge on any atom is -0.320 e. The lowest BCUT2D eigenvalue weighted by molar-refractivity contribution is 0.210. The second-order valence-corrected chi connectivity index (χ2v) is 5.57. The predicted octanol–water partition coefficient (Wildman–Crippen LogP) is 3.35. The summed E-state index contributed by atoms with van der Waals surface area (Å²) in [5.41, 5.74) is 3.52. The Morgan fingerprint density at radius 3 is 2.65 bits per heavy atom. The van der Waals surface area contributed by atoms with Crippen LogP contribution in [0.5, 0.6) is 0 Å². The fraction of sp³-hybridized carbons (Fsp3) is 0.500. The molecule has 0 radical (unpaired) electrons. The molecule has 0 saturated heterocycles. The summed E-state index contributed by atoms with van der Waals surface area (Å²) in [6, 6.07) is 6.38. The maximum absolute atomic E-state index is 11.8. The molecule has 0 unspecified atom stereocenters. The number of carbonyl (C=O) groups is 1. The molecule has 0 aliphatic carbocycles. The molecule has 1 aromatic carbocycles. The number of fused-ring (bicyclic) bond motifs is 1. The zero-order chi connectivity index (χ0) is 12.6. The molecule has 1 aromatic rings.